The van der Waals surface area contributed by atoms with Gasteiger partial charge in [-0.05, 0) is 46.5 Å². The van der Waals surface area contributed by atoms with Gasteiger partial charge in [-0.3, -0.25) is 9.59 Å². The van der Waals surface area contributed by atoms with Crippen molar-refractivity contribution in [3.8, 4) is 0 Å². The van der Waals surface area contributed by atoms with Gasteiger partial charge in [-0.2, -0.15) is 0 Å². The molecule has 0 unspecified atom stereocenters. The fourth-order valence-corrected chi connectivity index (χ4v) is 3.19. The molecule has 0 aliphatic carbocycles. The van der Waals surface area contributed by atoms with Gasteiger partial charge in [0.2, 0.25) is 0 Å². The number of carbonyl (C=O) groups excluding carboxylic acids is 2. The molecular weight excluding hydrogens is 272 g/mol. The Morgan fingerprint density at radius 2 is 0.909 bits per heavy atom. The predicted molar refractivity (Wildman–Crippen MR) is 90.2 cm³/mol. The number of hydrogen-bond donors (Lipinski definition) is 0. The molecule has 0 saturated carbocycles. The van der Waals surface area contributed by atoms with Crippen LogP contribution >= 0.6 is 0 Å². The molecule has 0 amide bonds. The lowest BCUT2D eigenvalue weighted by molar-refractivity contribution is -0.117. The maximum Gasteiger partial charge on any atom is 0.134 e. The van der Waals surface area contributed by atoms with Gasteiger partial charge in [-0.1, -0.05) is 48.5 Å². The lowest BCUT2D eigenvalue weighted by atomic mass is 9.88. The van der Waals surface area contributed by atoms with Crippen molar-refractivity contribution in [2.75, 3.05) is 0 Å². The highest BCUT2D eigenvalue weighted by molar-refractivity contribution is 6.09. The van der Waals surface area contributed by atoms with E-state index in [-0.39, 0.29) is 11.6 Å². The molecule has 3 rings (SSSR count). The summed E-state index contributed by atoms with van der Waals surface area (Å²) in [5, 5.41) is 4.31. The second kappa shape index (κ2) is 5.72. The van der Waals surface area contributed by atoms with E-state index in [1.54, 1.807) is 13.8 Å². The second-order valence-electron chi connectivity index (χ2n) is 5.81. The van der Waals surface area contributed by atoms with E-state index in [1.807, 2.05) is 48.5 Å². The van der Waals surface area contributed by atoms with Crippen molar-refractivity contribution < 1.29 is 9.59 Å². The summed E-state index contributed by atoms with van der Waals surface area (Å²) in [5.74, 6) is 0.296. The van der Waals surface area contributed by atoms with E-state index in [1.165, 1.54) is 0 Å². The average Bonchev–Trinajstić information content (AvgIpc) is 2.50. The summed E-state index contributed by atoms with van der Waals surface area (Å²) in [6.45, 7) is 3.24. The van der Waals surface area contributed by atoms with Crippen LogP contribution in [0, 0.1) is 0 Å². The summed E-state index contributed by atoms with van der Waals surface area (Å²) in [4.78, 5) is 23.4. The molecule has 3 aromatic rings. The fourth-order valence-electron chi connectivity index (χ4n) is 3.19. The smallest absolute Gasteiger partial charge is 0.134 e. The summed E-state index contributed by atoms with van der Waals surface area (Å²) in [7, 11) is 0. The van der Waals surface area contributed by atoms with E-state index in [0.29, 0.717) is 12.8 Å². The highest BCUT2D eigenvalue weighted by atomic mass is 16.1. The maximum atomic E-state index is 11.7. The van der Waals surface area contributed by atoms with E-state index in [0.717, 1.165) is 32.7 Å². The van der Waals surface area contributed by atoms with Gasteiger partial charge in [0.25, 0.3) is 0 Å². The standard InChI is InChI=1S/C20H18O2/c1-13(21)11-19-15-7-3-5-9-17(15)20(12-14(2)22)18-10-6-4-8-16(18)19/h3-10H,11-12H2,1-2H3. The maximum absolute atomic E-state index is 11.7. The first kappa shape index (κ1) is 14.5. The largest absolute Gasteiger partial charge is 0.300 e. The number of benzene rings is 3. The highest BCUT2D eigenvalue weighted by Crippen LogP contribution is 2.33. The van der Waals surface area contributed by atoms with Crippen LogP contribution in [-0.2, 0) is 22.4 Å². The molecule has 0 atom stereocenters. The molecular formula is C20H18O2. The molecule has 22 heavy (non-hydrogen) atoms. The van der Waals surface area contributed by atoms with Crippen LogP contribution in [0.5, 0.6) is 0 Å². The molecule has 110 valence electrons. The second-order valence-corrected chi connectivity index (χ2v) is 5.81. The van der Waals surface area contributed by atoms with E-state index in [2.05, 4.69) is 0 Å². The lowest BCUT2D eigenvalue weighted by Gasteiger charge is -2.15. The van der Waals surface area contributed by atoms with Gasteiger partial charge in [0.1, 0.15) is 11.6 Å². The number of hydrogen-bond acceptors (Lipinski definition) is 2. The van der Waals surface area contributed by atoms with E-state index in [4.69, 9.17) is 0 Å². The van der Waals surface area contributed by atoms with E-state index >= 15 is 0 Å². The first-order valence-corrected chi connectivity index (χ1v) is 7.48. The fraction of sp³-hybridized carbons (Fsp3) is 0.200. The molecule has 0 radical (unpaired) electrons. The Bertz CT molecular complexity index is 760. The summed E-state index contributed by atoms with van der Waals surface area (Å²) in [5.41, 5.74) is 2.12. The lowest BCUT2D eigenvalue weighted by Crippen LogP contribution is -2.03. The van der Waals surface area contributed by atoms with Gasteiger partial charge >= 0.3 is 0 Å². The quantitative estimate of drug-likeness (QED) is 0.673. The SMILES string of the molecule is CC(=O)Cc1c2ccccc2c(CC(C)=O)c2ccccc12. The Kier molecular flexibility index (Phi) is 3.76. The molecule has 0 aromatic heterocycles. The zero-order valence-electron chi connectivity index (χ0n) is 12.8. The van der Waals surface area contributed by atoms with E-state index < -0.39 is 0 Å². The van der Waals surface area contributed by atoms with Crippen molar-refractivity contribution in [1.82, 2.24) is 0 Å². The summed E-state index contributed by atoms with van der Waals surface area (Å²) >= 11 is 0. The Morgan fingerprint density at radius 1 is 0.636 bits per heavy atom. The topological polar surface area (TPSA) is 34.1 Å². The van der Waals surface area contributed by atoms with Crippen molar-refractivity contribution in [1.29, 1.82) is 0 Å². The summed E-state index contributed by atoms with van der Waals surface area (Å²) in [6.07, 6.45) is 0.836. The van der Waals surface area contributed by atoms with Crippen LogP contribution in [0.4, 0.5) is 0 Å². The Balaban J connectivity index is 2.47. The number of Topliss-reactive ketones (excluding diaryl/α,β-unsaturated/α-hetero) is 2. The van der Waals surface area contributed by atoms with Gasteiger partial charge in [0.15, 0.2) is 0 Å². The summed E-state index contributed by atoms with van der Waals surface area (Å²) in [6, 6.07) is 16.1. The van der Waals surface area contributed by atoms with E-state index in [9.17, 15) is 9.59 Å². The van der Waals surface area contributed by atoms with Gasteiger partial charge in [0.05, 0.1) is 0 Å². The van der Waals surface area contributed by atoms with Crippen molar-refractivity contribution in [3.63, 3.8) is 0 Å². The van der Waals surface area contributed by atoms with Gasteiger partial charge in [-0.25, -0.2) is 0 Å². The van der Waals surface area contributed by atoms with Crippen LogP contribution in [0.1, 0.15) is 25.0 Å². The monoisotopic (exact) mass is 290 g/mol. The normalized spacial score (nSPS) is 11.0. The zero-order valence-corrected chi connectivity index (χ0v) is 12.8. The number of ketones is 2. The van der Waals surface area contributed by atoms with Crippen LogP contribution in [0.3, 0.4) is 0 Å². The Labute approximate surface area is 129 Å². The Morgan fingerprint density at radius 3 is 1.14 bits per heavy atom. The van der Waals surface area contributed by atoms with Crippen molar-refractivity contribution in [3.05, 3.63) is 59.7 Å². The molecule has 0 saturated heterocycles. The minimum atomic E-state index is 0.148. The predicted octanol–water partition coefficient (Wildman–Crippen LogP) is 4.26. The molecule has 0 spiro atoms. The third-order valence-electron chi connectivity index (χ3n) is 4.01. The molecule has 0 aliphatic heterocycles. The third kappa shape index (κ3) is 2.52. The average molecular weight is 290 g/mol. The van der Waals surface area contributed by atoms with Crippen molar-refractivity contribution >= 4 is 33.1 Å². The number of rotatable bonds is 4. The minimum absolute atomic E-state index is 0.148. The molecule has 0 fully saturated rings. The van der Waals surface area contributed by atoms with Crippen LogP contribution in [0.15, 0.2) is 48.5 Å². The molecule has 0 heterocycles. The molecule has 0 aliphatic rings. The molecule has 3 aromatic carbocycles. The molecule has 0 bridgehead atoms. The van der Waals surface area contributed by atoms with Crippen LogP contribution in [-0.4, -0.2) is 11.6 Å². The van der Waals surface area contributed by atoms with Gasteiger partial charge in [0, 0.05) is 12.8 Å². The number of carbonyl (C=O) groups is 2. The van der Waals surface area contributed by atoms with Crippen LogP contribution in [0.25, 0.3) is 21.5 Å². The van der Waals surface area contributed by atoms with Crippen molar-refractivity contribution in [2.45, 2.75) is 26.7 Å². The molecule has 0 N–H and O–H groups in total. The van der Waals surface area contributed by atoms with Gasteiger partial charge < -0.3 is 0 Å². The van der Waals surface area contributed by atoms with Gasteiger partial charge in [-0.15, -0.1) is 0 Å². The molecule has 2 nitrogen and oxygen atoms in total. The third-order valence-corrected chi connectivity index (χ3v) is 4.01. The highest BCUT2D eigenvalue weighted by Gasteiger charge is 2.15. The molecule has 2 heteroatoms. The minimum Gasteiger partial charge on any atom is -0.300 e. The first-order chi connectivity index (χ1) is 10.6. The van der Waals surface area contributed by atoms with Crippen LogP contribution in [0.2, 0.25) is 0 Å². The first-order valence-electron chi connectivity index (χ1n) is 7.48. The zero-order chi connectivity index (χ0) is 15.7. The van der Waals surface area contributed by atoms with Crippen molar-refractivity contribution in [2.24, 2.45) is 0 Å². The Hall–Kier alpha value is -2.48. The summed E-state index contributed by atoms with van der Waals surface area (Å²) < 4.78 is 0. The number of fused-ring (bicyclic) bond motifs is 2. The van der Waals surface area contributed by atoms with Crippen LogP contribution < -0.4 is 0 Å².